The van der Waals surface area contributed by atoms with Gasteiger partial charge in [0.1, 0.15) is 35.1 Å². The van der Waals surface area contributed by atoms with Gasteiger partial charge in [0.2, 0.25) is 27.7 Å². The molecule has 294 valence electrons. The number of sulfonamides is 1. The van der Waals surface area contributed by atoms with Crippen molar-refractivity contribution in [3.8, 4) is 11.6 Å². The number of nitrogens with zero attached hydrogens (tertiary/aromatic N) is 2. The number of carbonyl (C=O) groups excluding carboxylic acids is 5. The number of alkyl carbamates (subject to hydrolysis) is 1. The van der Waals surface area contributed by atoms with Crippen LogP contribution in [0.2, 0.25) is 0 Å². The quantitative estimate of drug-likeness (QED) is 0.223. The minimum atomic E-state index is -3.93. The van der Waals surface area contributed by atoms with Crippen LogP contribution in [0.25, 0.3) is 10.8 Å². The second-order valence-electron chi connectivity index (χ2n) is 15.5. The summed E-state index contributed by atoms with van der Waals surface area (Å²) in [5.41, 5.74) is -1.70. The lowest BCUT2D eigenvalue weighted by atomic mass is 10.0. The maximum absolute atomic E-state index is 14.5. The minimum Gasteiger partial charge on any atom is -0.497 e. The Morgan fingerprint density at radius 3 is 2.52 bits per heavy atom. The van der Waals surface area contributed by atoms with Gasteiger partial charge in [0.05, 0.1) is 22.9 Å². The largest absolute Gasteiger partial charge is 0.497 e. The molecule has 4 amide bonds. The van der Waals surface area contributed by atoms with E-state index in [1.54, 1.807) is 46.8 Å². The summed E-state index contributed by atoms with van der Waals surface area (Å²) in [5.74, 6) is -2.73. The molecule has 2 aromatic rings. The molecule has 5 rings (SSSR count). The van der Waals surface area contributed by atoms with Gasteiger partial charge in [-0.2, -0.15) is 0 Å². The standard InChI is InChI=1S/C38H51N5O10S/c1-8-24-20-38(24,35(47)42-54(49,50)28-11-12-28)41-32(45)31-19-27(52-33-29-13-10-26(51-7)18-23(29)15-16-39-33)21-43(31)34(46)30(14-9-25(44)17-22(2)3)40-36(48)53-37(4,5)6/h10,13,15-18,24,27-28,30-31H,8-9,11-12,14,19-21H2,1-7H3,(H,40,48)(H,41,45)(H,42,47)/t24-,27?,30+,31+,38-/m1/s1/i7D3. The number of hydrogen-bond donors (Lipinski definition) is 3. The molecule has 1 aromatic carbocycles. The molecule has 54 heavy (non-hydrogen) atoms. The van der Waals surface area contributed by atoms with E-state index in [1.165, 1.54) is 29.3 Å². The first-order chi connectivity index (χ1) is 26.5. The molecular formula is C38H51N5O10S. The number of ketones is 1. The van der Waals surface area contributed by atoms with Crippen molar-refractivity contribution in [2.24, 2.45) is 5.92 Å². The third kappa shape index (κ3) is 9.68. The van der Waals surface area contributed by atoms with Crippen molar-refractivity contribution in [2.45, 2.75) is 121 Å². The first-order valence-electron chi connectivity index (χ1n) is 19.6. The topological polar surface area (TPSA) is 199 Å². The van der Waals surface area contributed by atoms with Crippen LogP contribution in [0.4, 0.5) is 4.79 Å². The number of carbonyl (C=O) groups is 5. The molecule has 15 nitrogen and oxygen atoms in total. The highest BCUT2D eigenvalue weighted by Crippen LogP contribution is 2.47. The van der Waals surface area contributed by atoms with E-state index < -0.39 is 75.5 Å². The second kappa shape index (κ2) is 15.9. The van der Waals surface area contributed by atoms with Gasteiger partial charge in [-0.25, -0.2) is 18.2 Å². The highest BCUT2D eigenvalue weighted by atomic mass is 32.2. The van der Waals surface area contributed by atoms with Gasteiger partial charge in [0.15, 0.2) is 5.78 Å². The molecule has 1 aromatic heterocycles. The smallest absolute Gasteiger partial charge is 0.408 e. The SMILES string of the molecule is [2H]C([2H])([2H])Oc1ccc2c(OC3C[C@@H](C(=O)N[C@]4(C(=O)NS(=O)(=O)C5CC5)C[C@H]4CC)N(C(=O)[C@H](CCC(=O)C=C(C)C)NC(=O)OC(C)(C)C)C3)nccc2c1. The lowest BCUT2D eigenvalue weighted by Crippen LogP contribution is -2.58. The number of nitrogens with one attached hydrogen (secondary N) is 3. The van der Waals surface area contributed by atoms with Crippen molar-refractivity contribution < 1.29 is 50.7 Å². The summed E-state index contributed by atoms with van der Waals surface area (Å²) in [6, 6.07) is 3.57. The Bertz CT molecular complexity index is 2050. The number of ether oxygens (including phenoxy) is 3. The predicted molar refractivity (Wildman–Crippen MR) is 199 cm³/mol. The molecule has 3 aliphatic rings. The van der Waals surface area contributed by atoms with Crippen LogP contribution in [0.5, 0.6) is 11.6 Å². The number of likely N-dealkylation sites (tertiary alicyclic amines) is 1. The van der Waals surface area contributed by atoms with Gasteiger partial charge in [-0.3, -0.25) is 23.9 Å². The van der Waals surface area contributed by atoms with Crippen LogP contribution in [0.1, 0.15) is 90.6 Å². The number of benzene rings is 1. The van der Waals surface area contributed by atoms with Crippen LogP contribution in [-0.4, -0.2) is 96.1 Å². The molecule has 2 heterocycles. The number of aromatic nitrogens is 1. The number of methoxy groups -OCH3 is 1. The van der Waals surface area contributed by atoms with E-state index >= 15 is 0 Å². The van der Waals surface area contributed by atoms with Crippen molar-refractivity contribution in [1.82, 2.24) is 25.2 Å². The van der Waals surface area contributed by atoms with E-state index in [1.807, 2.05) is 6.92 Å². The third-order valence-electron chi connectivity index (χ3n) is 9.61. The lowest BCUT2D eigenvalue weighted by Gasteiger charge is -2.30. The van der Waals surface area contributed by atoms with Crippen LogP contribution < -0.4 is 24.8 Å². The van der Waals surface area contributed by atoms with Crippen LogP contribution in [-0.2, 0) is 33.9 Å². The maximum atomic E-state index is 14.5. The summed E-state index contributed by atoms with van der Waals surface area (Å²) in [6.45, 7) is 10.1. The highest BCUT2D eigenvalue weighted by molar-refractivity contribution is 7.91. The number of allylic oxidation sites excluding steroid dienone is 2. The number of pyridine rings is 1. The number of rotatable bonds is 15. The molecule has 0 bridgehead atoms. The van der Waals surface area contributed by atoms with E-state index in [2.05, 4.69) is 20.3 Å². The van der Waals surface area contributed by atoms with Crippen LogP contribution in [0.3, 0.4) is 0 Å². The Balaban J connectivity index is 1.45. The summed E-state index contributed by atoms with van der Waals surface area (Å²) >= 11 is 0. The molecule has 1 aliphatic heterocycles. The number of hydrogen-bond acceptors (Lipinski definition) is 11. The Hall–Kier alpha value is -4.73. The molecule has 5 atom stereocenters. The molecule has 2 saturated carbocycles. The average molecular weight is 773 g/mol. The van der Waals surface area contributed by atoms with Crippen LogP contribution >= 0.6 is 0 Å². The van der Waals surface area contributed by atoms with Crippen molar-refractivity contribution in [3.05, 3.63) is 42.1 Å². The zero-order chi connectivity index (χ0) is 42.1. The predicted octanol–water partition coefficient (Wildman–Crippen LogP) is 3.69. The number of amides is 4. The van der Waals surface area contributed by atoms with E-state index in [-0.39, 0.29) is 55.6 Å². The molecule has 3 fully saturated rings. The van der Waals surface area contributed by atoms with Crippen LogP contribution in [0, 0.1) is 5.92 Å². The summed E-state index contributed by atoms with van der Waals surface area (Å²) in [7, 11) is -6.61. The molecule has 1 unspecified atom stereocenters. The van der Waals surface area contributed by atoms with Gasteiger partial charge in [0, 0.05) is 24.4 Å². The Morgan fingerprint density at radius 2 is 1.89 bits per heavy atom. The molecular weight excluding hydrogens is 719 g/mol. The first-order valence-corrected chi connectivity index (χ1v) is 19.6. The summed E-state index contributed by atoms with van der Waals surface area (Å²) in [4.78, 5) is 73.7. The van der Waals surface area contributed by atoms with Crippen LogP contribution in [0.15, 0.2) is 42.1 Å². The fraction of sp³-hybridized carbons (Fsp3) is 0.579. The van der Waals surface area contributed by atoms with Gasteiger partial charge in [-0.1, -0.05) is 18.9 Å². The van der Waals surface area contributed by atoms with Gasteiger partial charge in [0.25, 0.3) is 5.91 Å². The molecule has 2 aliphatic carbocycles. The van der Waals surface area contributed by atoms with Crippen molar-refractivity contribution in [2.75, 3.05) is 13.6 Å². The van der Waals surface area contributed by atoms with E-state index in [9.17, 15) is 32.4 Å². The van der Waals surface area contributed by atoms with Gasteiger partial charge >= 0.3 is 6.09 Å². The highest BCUT2D eigenvalue weighted by Gasteiger charge is 2.62. The minimum absolute atomic E-state index is 0.0916. The Labute approximate surface area is 320 Å². The fourth-order valence-electron chi connectivity index (χ4n) is 6.70. The molecule has 3 N–H and O–H groups in total. The summed E-state index contributed by atoms with van der Waals surface area (Å²) in [5, 5.41) is 5.71. The monoisotopic (exact) mass is 772 g/mol. The van der Waals surface area contributed by atoms with E-state index in [4.69, 9.17) is 18.3 Å². The normalized spacial score (nSPS) is 23.9. The average Bonchev–Trinajstić information content (AvgIpc) is 4.01. The maximum Gasteiger partial charge on any atom is 0.408 e. The Morgan fingerprint density at radius 1 is 1.15 bits per heavy atom. The second-order valence-corrected chi connectivity index (χ2v) is 17.4. The molecule has 0 radical (unpaired) electrons. The van der Waals surface area contributed by atoms with E-state index in [0.717, 1.165) is 5.57 Å². The van der Waals surface area contributed by atoms with Gasteiger partial charge in [-0.05, 0) is 102 Å². The summed E-state index contributed by atoms with van der Waals surface area (Å²) in [6.07, 6.45) is 2.25. The number of fused-ring (bicyclic) bond motifs is 1. The molecule has 1 saturated heterocycles. The Kier molecular flexibility index (Phi) is 10.7. The zero-order valence-corrected chi connectivity index (χ0v) is 32.2. The van der Waals surface area contributed by atoms with Crippen molar-refractivity contribution in [1.29, 1.82) is 0 Å². The fourth-order valence-corrected chi connectivity index (χ4v) is 8.07. The van der Waals surface area contributed by atoms with Gasteiger partial charge < -0.3 is 29.7 Å². The summed E-state index contributed by atoms with van der Waals surface area (Å²) < 4.78 is 66.7. The first kappa shape index (κ1) is 36.3. The van der Waals surface area contributed by atoms with Crippen molar-refractivity contribution >= 4 is 50.4 Å². The van der Waals surface area contributed by atoms with E-state index in [0.29, 0.717) is 30.0 Å². The van der Waals surface area contributed by atoms with Gasteiger partial charge in [-0.15, -0.1) is 0 Å². The third-order valence-corrected chi connectivity index (χ3v) is 11.4. The molecule has 0 spiro atoms. The van der Waals surface area contributed by atoms with Crippen molar-refractivity contribution in [3.63, 3.8) is 0 Å². The lowest BCUT2D eigenvalue weighted by molar-refractivity contribution is -0.141. The molecule has 16 heteroatoms. The zero-order valence-electron chi connectivity index (χ0n) is 34.4.